The van der Waals surface area contributed by atoms with Crippen LogP contribution in [0.1, 0.15) is 0 Å². The summed E-state index contributed by atoms with van der Waals surface area (Å²) in [5.41, 5.74) is 4.93. The quantitative estimate of drug-likeness (QED) is 0.252. The fraction of sp³-hybridized carbons (Fsp3) is 0.667. The second kappa shape index (κ2) is 6.19. The molecule has 66 valence electrons. The average molecular weight is 224 g/mol. The van der Waals surface area contributed by atoms with E-state index in [-0.39, 0.29) is 46.1 Å². The molecule has 0 aliphatic carbocycles. The molecule has 12 heavy (non-hydrogen) atoms. The number of carbonyl (C=O) groups is 1. The van der Waals surface area contributed by atoms with Crippen molar-refractivity contribution in [1.29, 1.82) is 0 Å². The fourth-order valence-electron chi connectivity index (χ4n) is 0.231. The Morgan fingerprint density at radius 1 is 1.58 bits per heavy atom. The third-order valence-electron chi connectivity index (χ3n) is 0.714. The topological polar surface area (TPSA) is 118 Å². The van der Waals surface area contributed by atoms with Crippen molar-refractivity contribution in [3.8, 4) is 0 Å². The van der Waals surface area contributed by atoms with E-state index in [4.69, 9.17) is 15.4 Å². The molecule has 0 aromatic heterocycles. The largest absolute Gasteiger partial charge is 1.00 e. The monoisotopic (exact) mass is 224 g/mol. The van der Waals surface area contributed by atoms with Crippen molar-refractivity contribution in [2.45, 2.75) is 6.04 Å². The van der Waals surface area contributed by atoms with Gasteiger partial charge in [0.25, 0.3) is 0 Å². The van der Waals surface area contributed by atoms with Crippen LogP contribution in [0.4, 0.5) is 0 Å². The summed E-state index contributed by atoms with van der Waals surface area (Å²) in [6.07, 6.45) is 0. The Morgan fingerprint density at radius 2 is 2.00 bits per heavy atom. The molecule has 0 aromatic rings. The Kier molecular flexibility index (Phi) is 7.83. The summed E-state index contributed by atoms with van der Waals surface area (Å²) in [5, 5.41) is 8.16. The first-order valence-electron chi connectivity index (χ1n) is 2.43. The van der Waals surface area contributed by atoms with Crippen LogP contribution in [0.5, 0.6) is 0 Å². The van der Waals surface area contributed by atoms with Crippen molar-refractivity contribution >= 4 is 25.9 Å². The Bertz CT molecular complexity index is 239. The maximum absolute atomic E-state index is 10.0. The molecule has 0 saturated carbocycles. The van der Waals surface area contributed by atoms with Gasteiger partial charge in [0, 0.05) is 5.75 Å². The molecule has 9 heteroatoms. The van der Waals surface area contributed by atoms with E-state index in [2.05, 4.69) is 0 Å². The molecule has 0 aliphatic heterocycles. The molecule has 0 aliphatic rings. The van der Waals surface area contributed by atoms with Gasteiger partial charge in [0.2, 0.25) is 0 Å². The molecule has 0 fully saturated rings. The van der Waals surface area contributed by atoms with Crippen LogP contribution < -0.4 is 35.3 Å². The Hall–Kier alpha value is 0.690. The number of carboxylic acids is 1. The average Bonchev–Trinajstić information content (AvgIpc) is 1.80. The van der Waals surface area contributed by atoms with Crippen LogP contribution in [-0.4, -0.2) is 35.8 Å². The van der Waals surface area contributed by atoms with Gasteiger partial charge in [0.1, 0.15) is 6.04 Å². The number of hydrogen-bond acceptors (Lipinski definition) is 5. The molecule has 0 rings (SSSR count). The first kappa shape index (κ1) is 15.2. The zero-order valence-corrected chi connectivity index (χ0v) is 9.93. The molecular formula is C3H7NNaO5S2+. The third-order valence-corrected chi connectivity index (χ3v) is 2.81. The van der Waals surface area contributed by atoms with Crippen molar-refractivity contribution < 1.29 is 52.4 Å². The van der Waals surface area contributed by atoms with E-state index < -0.39 is 21.2 Å². The molecule has 0 saturated heterocycles. The first-order chi connectivity index (χ1) is 4.83. The normalized spacial score (nSPS) is 13.2. The van der Waals surface area contributed by atoms with Crippen molar-refractivity contribution in [3.63, 3.8) is 0 Å². The zero-order chi connectivity index (χ0) is 9.07. The van der Waals surface area contributed by atoms with Gasteiger partial charge in [-0.25, -0.2) is 0 Å². The third kappa shape index (κ3) is 8.78. The molecular weight excluding hydrogens is 217 g/mol. The molecule has 0 bridgehead atoms. The van der Waals surface area contributed by atoms with Crippen molar-refractivity contribution in [2.75, 3.05) is 5.75 Å². The molecule has 4 N–H and O–H groups in total. The number of hydrogen-bond donors (Lipinski definition) is 3. The standard InChI is InChI=1S/C3H7NO5S2.Na/c4-2(3(5)6)1-10-11(7,8)9;/h2H,1,4H2,(H,5,6)(H,7,8,9);/q;+1/t2-;/m0./s1. The Balaban J connectivity index is 0. The van der Waals surface area contributed by atoms with Crippen molar-refractivity contribution in [2.24, 2.45) is 5.73 Å². The minimum Gasteiger partial charge on any atom is -0.480 e. The summed E-state index contributed by atoms with van der Waals surface area (Å²) in [5.74, 6) is -1.67. The predicted molar refractivity (Wildman–Crippen MR) is 39.6 cm³/mol. The van der Waals surface area contributed by atoms with Gasteiger partial charge in [-0.05, 0) is 10.8 Å². The number of carboxylic acid groups (broad SMARTS) is 1. The van der Waals surface area contributed by atoms with E-state index in [1.54, 1.807) is 0 Å². The summed E-state index contributed by atoms with van der Waals surface area (Å²) in [4.78, 5) is 10.0. The second-order valence-electron chi connectivity index (χ2n) is 1.66. The van der Waals surface area contributed by atoms with Crippen LogP contribution in [0, 0.1) is 0 Å². The first-order valence-corrected chi connectivity index (χ1v) is 5.37. The van der Waals surface area contributed by atoms with Crippen molar-refractivity contribution in [1.82, 2.24) is 0 Å². The van der Waals surface area contributed by atoms with Gasteiger partial charge in [-0.2, -0.15) is 8.42 Å². The second-order valence-corrected chi connectivity index (χ2v) is 5.05. The molecule has 0 aromatic carbocycles. The van der Waals surface area contributed by atoms with Crippen molar-refractivity contribution in [3.05, 3.63) is 0 Å². The van der Waals surface area contributed by atoms with Gasteiger partial charge in [-0.3, -0.25) is 9.35 Å². The molecule has 1 atom stereocenters. The molecule has 0 heterocycles. The van der Waals surface area contributed by atoms with Crippen LogP contribution >= 0.6 is 10.8 Å². The van der Waals surface area contributed by atoms with Crippen LogP contribution in [0.15, 0.2) is 0 Å². The van der Waals surface area contributed by atoms with E-state index in [1.165, 1.54) is 0 Å². The van der Waals surface area contributed by atoms with E-state index in [0.29, 0.717) is 0 Å². The van der Waals surface area contributed by atoms with Gasteiger partial charge in [0.05, 0.1) is 0 Å². The van der Waals surface area contributed by atoms with E-state index in [9.17, 15) is 13.2 Å². The number of rotatable bonds is 4. The summed E-state index contributed by atoms with van der Waals surface area (Å²) in [7, 11) is -4.09. The predicted octanol–water partition coefficient (Wildman–Crippen LogP) is -4.06. The Morgan fingerprint density at radius 3 is 2.25 bits per heavy atom. The van der Waals surface area contributed by atoms with Crippen LogP contribution in [0.3, 0.4) is 0 Å². The van der Waals surface area contributed by atoms with E-state index in [1.807, 2.05) is 0 Å². The van der Waals surface area contributed by atoms with Crippen LogP contribution in [0.2, 0.25) is 0 Å². The summed E-state index contributed by atoms with van der Waals surface area (Å²) in [6, 6.07) is -1.28. The Labute approximate surface area is 95.3 Å². The minimum atomic E-state index is -4.18. The molecule has 0 unspecified atom stereocenters. The van der Waals surface area contributed by atoms with E-state index in [0.717, 1.165) is 0 Å². The van der Waals surface area contributed by atoms with Crippen LogP contribution in [0.25, 0.3) is 0 Å². The number of aliphatic carboxylic acids is 1. The van der Waals surface area contributed by atoms with Crippen LogP contribution in [-0.2, 0) is 13.9 Å². The molecule has 0 radical (unpaired) electrons. The smallest absolute Gasteiger partial charge is 0.480 e. The van der Waals surface area contributed by atoms with Gasteiger partial charge in [0.15, 0.2) is 0 Å². The minimum absolute atomic E-state index is 0. The van der Waals surface area contributed by atoms with E-state index >= 15 is 0 Å². The molecule has 6 nitrogen and oxygen atoms in total. The SMILES string of the molecule is N[C@@H](CSS(=O)(=O)O)C(=O)O.[Na+]. The summed E-state index contributed by atoms with van der Waals surface area (Å²) in [6.45, 7) is 0. The summed E-state index contributed by atoms with van der Waals surface area (Å²) >= 11 is 0. The van der Waals surface area contributed by atoms with Gasteiger partial charge in [-0.1, -0.05) is 0 Å². The van der Waals surface area contributed by atoms with Gasteiger partial charge < -0.3 is 10.8 Å². The van der Waals surface area contributed by atoms with Gasteiger partial charge in [-0.15, -0.1) is 0 Å². The molecule has 0 amide bonds. The zero-order valence-electron chi connectivity index (χ0n) is 6.30. The van der Waals surface area contributed by atoms with Gasteiger partial charge >= 0.3 is 44.7 Å². The maximum atomic E-state index is 10.0. The summed E-state index contributed by atoms with van der Waals surface area (Å²) < 4.78 is 28.2. The number of nitrogens with two attached hydrogens (primary N) is 1. The fourth-order valence-corrected chi connectivity index (χ4v) is 1.65. The molecule has 0 spiro atoms. The maximum Gasteiger partial charge on any atom is 1.00 e.